The Morgan fingerprint density at radius 3 is 2.94 bits per heavy atom. The first-order chi connectivity index (χ1) is 15.1. The van der Waals surface area contributed by atoms with E-state index in [1.807, 2.05) is 36.7 Å². The molecule has 0 radical (unpaired) electrons. The highest BCUT2D eigenvalue weighted by molar-refractivity contribution is 5.93. The van der Waals surface area contributed by atoms with E-state index in [2.05, 4.69) is 40.3 Å². The molecule has 0 spiro atoms. The van der Waals surface area contributed by atoms with Gasteiger partial charge in [-0.05, 0) is 6.42 Å². The Kier molecular flexibility index (Phi) is 8.18. The second-order valence-corrected chi connectivity index (χ2v) is 7.47. The van der Waals surface area contributed by atoms with Crippen LogP contribution in [-0.4, -0.2) is 65.5 Å². The second kappa shape index (κ2) is 11.0. The lowest BCUT2D eigenvalue weighted by molar-refractivity contribution is -0.105. The summed E-state index contributed by atoms with van der Waals surface area (Å²) in [4.78, 5) is 15.3. The van der Waals surface area contributed by atoms with Crippen molar-refractivity contribution < 1.29 is 14.2 Å². The Morgan fingerprint density at radius 1 is 1.39 bits per heavy atom. The lowest BCUT2D eigenvalue weighted by Gasteiger charge is -2.16. The Labute approximate surface area is 183 Å². The molecular formula is C23H31N5O3. The van der Waals surface area contributed by atoms with Crippen LogP contribution in [-0.2, 0) is 14.2 Å². The van der Waals surface area contributed by atoms with Gasteiger partial charge in [-0.1, -0.05) is 31.8 Å². The van der Waals surface area contributed by atoms with E-state index in [9.17, 15) is 0 Å². The Balaban J connectivity index is 1.94. The minimum absolute atomic E-state index is 0.0203. The van der Waals surface area contributed by atoms with Crippen LogP contribution < -0.4 is 0 Å². The summed E-state index contributed by atoms with van der Waals surface area (Å²) in [6.45, 7) is 8.45. The summed E-state index contributed by atoms with van der Waals surface area (Å²) < 4.78 is 19.7. The number of aromatic nitrogens is 3. The van der Waals surface area contributed by atoms with Gasteiger partial charge in [-0.3, -0.25) is 0 Å². The lowest BCUT2D eigenvalue weighted by atomic mass is 10.1. The third-order valence-corrected chi connectivity index (χ3v) is 4.89. The molecule has 1 saturated heterocycles. The number of hydrogen-bond acceptors (Lipinski definition) is 6. The highest BCUT2D eigenvalue weighted by atomic mass is 16.7. The second-order valence-electron chi connectivity index (χ2n) is 7.47. The molecule has 0 aliphatic carbocycles. The van der Waals surface area contributed by atoms with E-state index < -0.39 is 0 Å². The van der Waals surface area contributed by atoms with Gasteiger partial charge in [0, 0.05) is 33.1 Å². The molecule has 1 fully saturated rings. The molecule has 3 rings (SSSR count). The fourth-order valence-corrected chi connectivity index (χ4v) is 3.51. The zero-order chi connectivity index (χ0) is 22.2. The monoisotopic (exact) mass is 425 g/mol. The first kappa shape index (κ1) is 22.9. The first-order valence-corrected chi connectivity index (χ1v) is 10.6. The van der Waals surface area contributed by atoms with Crippen molar-refractivity contribution in [2.24, 2.45) is 4.99 Å². The van der Waals surface area contributed by atoms with E-state index >= 15 is 0 Å². The van der Waals surface area contributed by atoms with E-state index in [0.29, 0.717) is 18.8 Å². The molecule has 1 aliphatic rings. The van der Waals surface area contributed by atoms with Crippen molar-refractivity contribution in [1.29, 1.82) is 0 Å². The SMILES string of the molecule is C=CCOCO[C@@H]1CC(n2cc(C#CCC)c3c(/N=C/N(C)C)ncnc32)OC1CC. The topological polar surface area (TPSA) is 74.0 Å². The third-order valence-electron chi connectivity index (χ3n) is 4.89. The standard InChI is InChI=1S/C23H31N5O3/c1-6-9-10-17-13-28(23-21(17)22(24-14-25-23)26-15-27(4)5)20-12-19(18(8-3)31-20)30-16-29-11-7-2/h7,13-15,18-20H,2,6,8,11-12,16H2,1,3-5H3/b26-15+/t18?,19-,20?/m1/s1. The van der Waals surface area contributed by atoms with Crippen molar-refractivity contribution in [2.75, 3.05) is 27.5 Å². The van der Waals surface area contributed by atoms with Gasteiger partial charge in [-0.2, -0.15) is 0 Å². The highest BCUT2D eigenvalue weighted by Gasteiger charge is 2.37. The third kappa shape index (κ3) is 5.50. The van der Waals surface area contributed by atoms with Gasteiger partial charge in [0.1, 0.15) is 25.0 Å². The molecule has 8 heteroatoms. The van der Waals surface area contributed by atoms with Crippen molar-refractivity contribution in [3.05, 3.63) is 30.7 Å². The molecule has 2 aromatic heterocycles. The summed E-state index contributed by atoms with van der Waals surface area (Å²) in [5.41, 5.74) is 1.60. The molecule has 2 aromatic rings. The van der Waals surface area contributed by atoms with Crippen LogP contribution in [0.15, 0.2) is 30.2 Å². The predicted molar refractivity (Wildman–Crippen MR) is 121 cm³/mol. The number of rotatable bonds is 9. The van der Waals surface area contributed by atoms with E-state index in [1.165, 1.54) is 6.33 Å². The van der Waals surface area contributed by atoms with Crippen LogP contribution in [0.2, 0.25) is 0 Å². The average Bonchev–Trinajstić information content (AvgIpc) is 3.35. The van der Waals surface area contributed by atoms with Gasteiger partial charge in [-0.25, -0.2) is 15.0 Å². The van der Waals surface area contributed by atoms with E-state index in [-0.39, 0.29) is 25.2 Å². The average molecular weight is 426 g/mol. The zero-order valence-corrected chi connectivity index (χ0v) is 18.7. The van der Waals surface area contributed by atoms with Crippen molar-refractivity contribution in [3.63, 3.8) is 0 Å². The Bertz CT molecular complexity index is 973. The molecular weight excluding hydrogens is 394 g/mol. The van der Waals surface area contributed by atoms with Crippen LogP contribution in [0.1, 0.15) is 44.9 Å². The van der Waals surface area contributed by atoms with Crippen molar-refractivity contribution in [2.45, 2.75) is 51.5 Å². The van der Waals surface area contributed by atoms with Gasteiger partial charge in [0.25, 0.3) is 0 Å². The minimum Gasteiger partial charge on any atom is -0.369 e. The molecule has 31 heavy (non-hydrogen) atoms. The van der Waals surface area contributed by atoms with Crippen LogP contribution in [0.3, 0.4) is 0 Å². The molecule has 0 bridgehead atoms. The quantitative estimate of drug-likeness (QED) is 0.152. The number of hydrogen-bond donors (Lipinski definition) is 0. The van der Waals surface area contributed by atoms with Crippen LogP contribution in [0.4, 0.5) is 5.82 Å². The molecule has 166 valence electrons. The smallest absolute Gasteiger partial charge is 0.167 e. The zero-order valence-electron chi connectivity index (χ0n) is 18.7. The molecule has 3 atom stereocenters. The van der Waals surface area contributed by atoms with Gasteiger partial charge >= 0.3 is 0 Å². The number of aliphatic imine (C=N–C) groups is 1. The molecule has 1 aliphatic heterocycles. The van der Waals surface area contributed by atoms with Gasteiger partial charge < -0.3 is 23.7 Å². The van der Waals surface area contributed by atoms with Gasteiger partial charge in [-0.15, -0.1) is 6.58 Å². The first-order valence-electron chi connectivity index (χ1n) is 10.6. The fraction of sp³-hybridized carbons (Fsp3) is 0.522. The van der Waals surface area contributed by atoms with Gasteiger partial charge in [0.2, 0.25) is 0 Å². The van der Waals surface area contributed by atoms with Crippen molar-refractivity contribution in [1.82, 2.24) is 19.4 Å². The van der Waals surface area contributed by atoms with E-state index in [0.717, 1.165) is 29.4 Å². The number of nitrogens with zero attached hydrogens (tertiary/aromatic N) is 5. The van der Waals surface area contributed by atoms with E-state index in [4.69, 9.17) is 14.2 Å². The molecule has 2 unspecified atom stereocenters. The number of fused-ring (bicyclic) bond motifs is 1. The Morgan fingerprint density at radius 2 is 2.23 bits per heavy atom. The maximum absolute atomic E-state index is 6.34. The summed E-state index contributed by atoms with van der Waals surface area (Å²) in [7, 11) is 3.84. The highest BCUT2D eigenvalue weighted by Crippen LogP contribution is 2.37. The number of ether oxygens (including phenoxy) is 3. The maximum atomic E-state index is 6.34. The molecule has 8 nitrogen and oxygen atoms in total. The molecule has 3 heterocycles. The van der Waals surface area contributed by atoms with Crippen LogP contribution in [0, 0.1) is 11.8 Å². The van der Waals surface area contributed by atoms with Crippen molar-refractivity contribution in [3.8, 4) is 11.8 Å². The molecule has 0 saturated carbocycles. The minimum atomic E-state index is -0.213. The summed E-state index contributed by atoms with van der Waals surface area (Å²) in [6, 6.07) is 0. The summed E-state index contributed by atoms with van der Waals surface area (Å²) >= 11 is 0. The van der Waals surface area contributed by atoms with Gasteiger partial charge in [0.05, 0.1) is 36.1 Å². The molecule has 0 N–H and O–H groups in total. The van der Waals surface area contributed by atoms with E-state index in [1.54, 1.807) is 12.4 Å². The van der Waals surface area contributed by atoms with Crippen LogP contribution in [0.25, 0.3) is 11.0 Å². The van der Waals surface area contributed by atoms with Crippen molar-refractivity contribution >= 4 is 23.2 Å². The van der Waals surface area contributed by atoms with Crippen LogP contribution >= 0.6 is 0 Å². The largest absolute Gasteiger partial charge is 0.369 e. The van der Waals surface area contributed by atoms with Crippen LogP contribution in [0.5, 0.6) is 0 Å². The Hall–Kier alpha value is -2.73. The maximum Gasteiger partial charge on any atom is 0.167 e. The molecule has 0 aromatic carbocycles. The molecule has 0 amide bonds. The normalized spacial score (nSPS) is 20.8. The lowest BCUT2D eigenvalue weighted by Crippen LogP contribution is -2.24. The predicted octanol–water partition coefficient (Wildman–Crippen LogP) is 3.66. The fourth-order valence-electron chi connectivity index (χ4n) is 3.51. The summed E-state index contributed by atoms with van der Waals surface area (Å²) in [5.74, 6) is 6.98. The summed E-state index contributed by atoms with van der Waals surface area (Å²) in [5, 5.41) is 0.830. The summed E-state index contributed by atoms with van der Waals surface area (Å²) in [6.07, 6.45) is 8.95. The van der Waals surface area contributed by atoms with Gasteiger partial charge in [0.15, 0.2) is 5.82 Å².